The van der Waals surface area contributed by atoms with Crippen molar-refractivity contribution in [1.29, 1.82) is 0 Å². The van der Waals surface area contributed by atoms with Crippen LogP contribution in [0.3, 0.4) is 0 Å². The Hall–Kier alpha value is -2.44. The van der Waals surface area contributed by atoms with Crippen LogP contribution in [-0.4, -0.2) is 48.9 Å². The Kier molecular flexibility index (Phi) is 7.56. The van der Waals surface area contributed by atoms with Gasteiger partial charge in [0.05, 0.1) is 0 Å². The number of carbonyl (C=O) groups is 2. The van der Waals surface area contributed by atoms with Gasteiger partial charge in [-0.25, -0.2) is 4.98 Å². The third-order valence-corrected chi connectivity index (χ3v) is 3.90. The van der Waals surface area contributed by atoms with Crippen LogP contribution in [0.1, 0.15) is 33.0 Å². The molecule has 2 amide bonds. The van der Waals surface area contributed by atoms with Crippen LogP contribution < -0.4 is 10.6 Å². The molecule has 0 atom stereocenters. The number of aromatic nitrogens is 1. The molecule has 7 heteroatoms. The fraction of sp³-hybridized carbons (Fsp3) is 0.316. The first kappa shape index (κ1) is 19.9. The van der Waals surface area contributed by atoms with Crippen LogP contribution >= 0.6 is 11.6 Å². The summed E-state index contributed by atoms with van der Waals surface area (Å²) in [5.41, 5.74) is 1.37. The second-order valence-electron chi connectivity index (χ2n) is 6.13. The van der Waals surface area contributed by atoms with Crippen LogP contribution in [0.15, 0.2) is 42.5 Å². The molecule has 2 N–H and O–H groups in total. The molecule has 0 spiro atoms. The molecule has 0 fully saturated rings. The fourth-order valence-corrected chi connectivity index (χ4v) is 2.38. The van der Waals surface area contributed by atoms with E-state index in [0.29, 0.717) is 18.1 Å². The van der Waals surface area contributed by atoms with Crippen molar-refractivity contribution in [3.8, 4) is 0 Å². The van der Waals surface area contributed by atoms with Gasteiger partial charge in [0.25, 0.3) is 11.8 Å². The molecular formula is C19H23ClN4O2. The van der Waals surface area contributed by atoms with Crippen molar-refractivity contribution in [3.05, 3.63) is 64.4 Å². The highest BCUT2D eigenvalue weighted by atomic mass is 35.5. The molecule has 1 aromatic heterocycles. The molecule has 0 saturated heterocycles. The smallest absolute Gasteiger partial charge is 0.270 e. The lowest BCUT2D eigenvalue weighted by Gasteiger charge is -2.10. The zero-order chi connectivity index (χ0) is 18.9. The Balaban J connectivity index is 1.89. The van der Waals surface area contributed by atoms with Gasteiger partial charge in [0, 0.05) is 18.1 Å². The highest BCUT2D eigenvalue weighted by molar-refractivity contribution is 6.30. The van der Waals surface area contributed by atoms with Crippen molar-refractivity contribution in [2.24, 2.45) is 0 Å². The second-order valence-corrected chi connectivity index (χ2v) is 6.57. The molecule has 138 valence electrons. The molecule has 0 saturated carbocycles. The van der Waals surface area contributed by atoms with Gasteiger partial charge < -0.3 is 15.5 Å². The molecule has 2 rings (SSSR count). The monoisotopic (exact) mass is 374 g/mol. The Bertz CT molecular complexity index is 747. The van der Waals surface area contributed by atoms with Crippen LogP contribution in [-0.2, 0) is 6.54 Å². The van der Waals surface area contributed by atoms with E-state index < -0.39 is 0 Å². The summed E-state index contributed by atoms with van der Waals surface area (Å²) in [7, 11) is 3.96. The van der Waals surface area contributed by atoms with Crippen molar-refractivity contribution < 1.29 is 9.59 Å². The minimum Gasteiger partial charge on any atom is -0.351 e. The quantitative estimate of drug-likeness (QED) is 0.695. The van der Waals surface area contributed by atoms with E-state index in [1.54, 1.807) is 30.3 Å². The third-order valence-electron chi connectivity index (χ3n) is 3.65. The zero-order valence-corrected chi connectivity index (χ0v) is 15.7. The molecule has 0 bridgehead atoms. The lowest BCUT2D eigenvalue weighted by molar-refractivity contribution is 0.0942. The first-order valence-electron chi connectivity index (χ1n) is 8.38. The lowest BCUT2D eigenvalue weighted by Crippen LogP contribution is -2.29. The molecular weight excluding hydrogens is 352 g/mol. The average molecular weight is 375 g/mol. The predicted molar refractivity (Wildman–Crippen MR) is 102 cm³/mol. The highest BCUT2D eigenvalue weighted by Crippen LogP contribution is 2.09. The molecule has 6 nitrogen and oxygen atoms in total. The minimum absolute atomic E-state index is 0.208. The van der Waals surface area contributed by atoms with Crippen molar-refractivity contribution in [1.82, 2.24) is 20.5 Å². The fourth-order valence-electron chi connectivity index (χ4n) is 2.25. The SMILES string of the molecule is CN(C)CCCNC(=O)c1cccc(C(=O)NCc2ccc(Cl)cc2)n1. The maximum Gasteiger partial charge on any atom is 0.270 e. The summed E-state index contributed by atoms with van der Waals surface area (Å²) in [5, 5.41) is 6.24. The number of hydrogen-bond acceptors (Lipinski definition) is 4. The van der Waals surface area contributed by atoms with Crippen LogP contribution in [0.4, 0.5) is 0 Å². The summed E-state index contributed by atoms with van der Waals surface area (Å²) in [6, 6.07) is 12.0. The van der Waals surface area contributed by atoms with Crippen molar-refractivity contribution in [2.75, 3.05) is 27.2 Å². The number of amides is 2. The second kappa shape index (κ2) is 9.89. The topological polar surface area (TPSA) is 74.3 Å². The molecule has 0 unspecified atom stereocenters. The molecule has 0 aliphatic heterocycles. The number of halogens is 1. The van der Waals surface area contributed by atoms with E-state index in [0.717, 1.165) is 18.5 Å². The Morgan fingerprint density at radius 3 is 2.23 bits per heavy atom. The molecule has 0 radical (unpaired) electrons. The Morgan fingerprint density at radius 2 is 1.62 bits per heavy atom. The van der Waals surface area contributed by atoms with E-state index in [4.69, 9.17) is 11.6 Å². The van der Waals surface area contributed by atoms with Gasteiger partial charge >= 0.3 is 0 Å². The molecule has 1 heterocycles. The number of nitrogens with zero attached hydrogens (tertiary/aromatic N) is 2. The lowest BCUT2D eigenvalue weighted by atomic mass is 10.2. The summed E-state index contributed by atoms with van der Waals surface area (Å²) in [4.78, 5) is 30.6. The third kappa shape index (κ3) is 6.46. The van der Waals surface area contributed by atoms with Gasteiger partial charge in [-0.3, -0.25) is 9.59 Å². The Labute approximate surface area is 158 Å². The zero-order valence-electron chi connectivity index (χ0n) is 15.0. The summed E-state index contributed by atoms with van der Waals surface area (Å²) in [6.45, 7) is 1.81. The first-order chi connectivity index (χ1) is 12.5. The van der Waals surface area contributed by atoms with Crippen LogP contribution in [0.2, 0.25) is 5.02 Å². The number of nitrogens with one attached hydrogen (secondary N) is 2. The van der Waals surface area contributed by atoms with E-state index in [2.05, 4.69) is 20.5 Å². The summed E-state index contributed by atoms with van der Waals surface area (Å²) < 4.78 is 0. The van der Waals surface area contributed by atoms with E-state index in [9.17, 15) is 9.59 Å². The van der Waals surface area contributed by atoms with Gasteiger partial charge in [-0.1, -0.05) is 29.8 Å². The molecule has 1 aromatic carbocycles. The molecule has 26 heavy (non-hydrogen) atoms. The van der Waals surface area contributed by atoms with E-state index >= 15 is 0 Å². The van der Waals surface area contributed by atoms with E-state index in [1.165, 1.54) is 0 Å². The summed E-state index contributed by atoms with van der Waals surface area (Å²) in [6.07, 6.45) is 0.847. The number of benzene rings is 1. The summed E-state index contributed by atoms with van der Waals surface area (Å²) >= 11 is 5.84. The number of hydrogen-bond donors (Lipinski definition) is 2. The first-order valence-corrected chi connectivity index (χ1v) is 8.76. The van der Waals surface area contributed by atoms with E-state index in [1.807, 2.05) is 26.2 Å². The van der Waals surface area contributed by atoms with Crippen molar-refractivity contribution in [2.45, 2.75) is 13.0 Å². The van der Waals surface area contributed by atoms with Gasteiger partial charge in [-0.2, -0.15) is 0 Å². The highest BCUT2D eigenvalue weighted by Gasteiger charge is 2.12. The number of pyridine rings is 1. The van der Waals surface area contributed by atoms with Crippen molar-refractivity contribution >= 4 is 23.4 Å². The maximum atomic E-state index is 12.3. The average Bonchev–Trinajstić information content (AvgIpc) is 2.64. The van der Waals surface area contributed by atoms with Crippen LogP contribution in [0.5, 0.6) is 0 Å². The van der Waals surface area contributed by atoms with Crippen LogP contribution in [0, 0.1) is 0 Å². The van der Waals surface area contributed by atoms with Gasteiger partial charge in [0.1, 0.15) is 11.4 Å². The number of rotatable bonds is 8. The Morgan fingerprint density at radius 1 is 1.00 bits per heavy atom. The standard InChI is InChI=1S/C19H23ClN4O2/c1-24(2)12-4-11-21-18(25)16-5-3-6-17(23-16)19(26)22-13-14-7-9-15(20)10-8-14/h3,5-10H,4,11-13H2,1-2H3,(H,21,25)(H,22,26). The van der Waals surface area contributed by atoms with E-state index in [-0.39, 0.29) is 23.2 Å². The maximum absolute atomic E-state index is 12.3. The molecule has 0 aliphatic carbocycles. The van der Waals surface area contributed by atoms with Gasteiger partial charge in [-0.05, 0) is 56.9 Å². The van der Waals surface area contributed by atoms with Crippen molar-refractivity contribution in [3.63, 3.8) is 0 Å². The van der Waals surface area contributed by atoms with Gasteiger partial charge in [0.15, 0.2) is 0 Å². The molecule has 2 aromatic rings. The predicted octanol–water partition coefficient (Wildman–Crippen LogP) is 2.35. The molecule has 0 aliphatic rings. The number of carbonyl (C=O) groups excluding carboxylic acids is 2. The van der Waals surface area contributed by atoms with Crippen LogP contribution in [0.25, 0.3) is 0 Å². The largest absolute Gasteiger partial charge is 0.351 e. The van der Waals surface area contributed by atoms with Gasteiger partial charge in [0.2, 0.25) is 0 Å². The minimum atomic E-state index is -0.331. The normalized spacial score (nSPS) is 10.6. The summed E-state index contributed by atoms with van der Waals surface area (Å²) in [5.74, 6) is -0.613. The van der Waals surface area contributed by atoms with Gasteiger partial charge in [-0.15, -0.1) is 0 Å².